The number of carbonyl (C=O) groups excluding carboxylic acids is 2. The van der Waals surface area contributed by atoms with Gasteiger partial charge in [0.25, 0.3) is 0 Å². The standard InChI is InChI=1S/C14H28N2O6/c1-9(18)16-10(8-17)12(20)14(22)13(21)11(19)6-4-2-3-5-7-15/h8,10-14,19-22H,2-7,15H2,1H3,(H,16,18)/t10-,11?,12+,13+,14-/m0/s1. The summed E-state index contributed by atoms with van der Waals surface area (Å²) in [4.78, 5) is 21.7. The number of nitrogens with one attached hydrogen (secondary N) is 1. The molecule has 0 saturated heterocycles. The summed E-state index contributed by atoms with van der Waals surface area (Å²) in [7, 11) is 0. The van der Waals surface area contributed by atoms with Crippen LogP contribution < -0.4 is 11.1 Å². The maximum absolute atomic E-state index is 10.9. The SMILES string of the molecule is CC(=O)N[C@@H](C=O)[C@@H](O)[C@H](O)[C@H](O)C(O)CCCCCCN. The minimum absolute atomic E-state index is 0.251. The second kappa shape index (κ2) is 11.5. The molecule has 0 radical (unpaired) electrons. The number of hydrogen-bond acceptors (Lipinski definition) is 7. The minimum Gasteiger partial charge on any atom is -0.390 e. The Balaban J connectivity index is 4.33. The Morgan fingerprint density at radius 1 is 1.05 bits per heavy atom. The molecule has 1 unspecified atom stereocenters. The highest BCUT2D eigenvalue weighted by atomic mass is 16.4. The van der Waals surface area contributed by atoms with Gasteiger partial charge in [0, 0.05) is 6.92 Å². The molecule has 0 spiro atoms. The third-order valence-corrected chi connectivity index (χ3v) is 3.43. The summed E-state index contributed by atoms with van der Waals surface area (Å²) < 4.78 is 0. The van der Waals surface area contributed by atoms with Gasteiger partial charge >= 0.3 is 0 Å². The first-order valence-corrected chi connectivity index (χ1v) is 7.49. The molecule has 0 heterocycles. The summed E-state index contributed by atoms with van der Waals surface area (Å²) in [5, 5.41) is 41.4. The topological polar surface area (TPSA) is 153 Å². The lowest BCUT2D eigenvalue weighted by atomic mass is 9.95. The van der Waals surface area contributed by atoms with E-state index < -0.39 is 36.4 Å². The highest BCUT2D eigenvalue weighted by Gasteiger charge is 2.34. The molecule has 8 nitrogen and oxygen atoms in total. The number of unbranched alkanes of at least 4 members (excludes halogenated alkanes) is 3. The van der Waals surface area contributed by atoms with Crippen LogP contribution in [0.15, 0.2) is 0 Å². The fraction of sp³-hybridized carbons (Fsp3) is 0.857. The van der Waals surface area contributed by atoms with E-state index >= 15 is 0 Å². The van der Waals surface area contributed by atoms with Gasteiger partial charge < -0.3 is 36.3 Å². The zero-order chi connectivity index (χ0) is 17.1. The lowest BCUT2D eigenvalue weighted by Gasteiger charge is -2.29. The molecule has 1 amide bonds. The molecule has 5 atom stereocenters. The van der Waals surface area contributed by atoms with Crippen molar-refractivity contribution in [2.24, 2.45) is 5.73 Å². The number of rotatable bonds is 12. The van der Waals surface area contributed by atoms with Gasteiger partial charge in [0.15, 0.2) is 0 Å². The molecule has 0 aromatic rings. The number of carbonyl (C=O) groups is 2. The van der Waals surface area contributed by atoms with Crippen molar-refractivity contribution in [2.75, 3.05) is 6.54 Å². The van der Waals surface area contributed by atoms with Crippen molar-refractivity contribution in [1.82, 2.24) is 5.32 Å². The molecular weight excluding hydrogens is 292 g/mol. The molecule has 0 bridgehead atoms. The maximum Gasteiger partial charge on any atom is 0.217 e. The van der Waals surface area contributed by atoms with Crippen LogP contribution in [0.3, 0.4) is 0 Å². The van der Waals surface area contributed by atoms with Crippen LogP contribution in [0.5, 0.6) is 0 Å². The van der Waals surface area contributed by atoms with Crippen molar-refractivity contribution < 1.29 is 30.0 Å². The van der Waals surface area contributed by atoms with Gasteiger partial charge in [-0.1, -0.05) is 19.3 Å². The highest BCUT2D eigenvalue weighted by Crippen LogP contribution is 2.13. The van der Waals surface area contributed by atoms with Gasteiger partial charge in [-0.2, -0.15) is 0 Å². The first-order valence-electron chi connectivity index (χ1n) is 7.49. The van der Waals surface area contributed by atoms with E-state index in [9.17, 15) is 30.0 Å². The predicted molar refractivity (Wildman–Crippen MR) is 79.8 cm³/mol. The molecule has 0 aliphatic rings. The minimum atomic E-state index is -1.75. The lowest BCUT2D eigenvalue weighted by molar-refractivity contribution is -0.134. The van der Waals surface area contributed by atoms with E-state index in [1.165, 1.54) is 0 Å². The van der Waals surface area contributed by atoms with Crippen LogP contribution in [0, 0.1) is 0 Å². The summed E-state index contributed by atoms with van der Waals surface area (Å²) in [6.45, 7) is 1.76. The Labute approximate surface area is 130 Å². The van der Waals surface area contributed by atoms with Crippen LogP contribution in [-0.2, 0) is 9.59 Å². The Bertz CT molecular complexity index is 328. The molecule has 0 aliphatic carbocycles. The zero-order valence-corrected chi connectivity index (χ0v) is 12.9. The summed E-state index contributed by atoms with van der Waals surface area (Å²) >= 11 is 0. The van der Waals surface area contributed by atoms with Gasteiger partial charge in [-0.3, -0.25) is 4.79 Å². The lowest BCUT2D eigenvalue weighted by Crippen LogP contribution is -2.54. The molecule has 0 aromatic heterocycles. The highest BCUT2D eigenvalue weighted by molar-refractivity contribution is 5.77. The quantitative estimate of drug-likeness (QED) is 0.180. The van der Waals surface area contributed by atoms with E-state index in [0.717, 1.165) is 26.2 Å². The van der Waals surface area contributed by atoms with Gasteiger partial charge in [-0.15, -0.1) is 0 Å². The predicted octanol–water partition coefficient (Wildman–Crippen LogP) is -1.96. The maximum atomic E-state index is 10.9. The molecular formula is C14H28N2O6. The van der Waals surface area contributed by atoms with Gasteiger partial charge in [-0.05, 0) is 19.4 Å². The van der Waals surface area contributed by atoms with Crippen molar-refractivity contribution in [3.63, 3.8) is 0 Å². The number of aliphatic hydroxyl groups is 4. The van der Waals surface area contributed by atoms with Crippen molar-refractivity contribution in [1.29, 1.82) is 0 Å². The largest absolute Gasteiger partial charge is 0.390 e. The Hall–Kier alpha value is -1.06. The van der Waals surface area contributed by atoms with Crippen LogP contribution >= 0.6 is 0 Å². The fourth-order valence-electron chi connectivity index (χ4n) is 2.10. The van der Waals surface area contributed by atoms with E-state index in [1.54, 1.807) is 0 Å². The first-order chi connectivity index (χ1) is 10.3. The number of hydrogen-bond donors (Lipinski definition) is 6. The molecule has 0 fully saturated rings. The Kier molecular flexibility index (Phi) is 10.9. The van der Waals surface area contributed by atoms with Crippen molar-refractivity contribution in [3.05, 3.63) is 0 Å². The van der Waals surface area contributed by atoms with E-state index in [2.05, 4.69) is 5.32 Å². The second-order valence-electron chi connectivity index (χ2n) is 5.39. The van der Waals surface area contributed by atoms with E-state index in [1.807, 2.05) is 0 Å². The average Bonchev–Trinajstić information content (AvgIpc) is 2.49. The van der Waals surface area contributed by atoms with Gasteiger partial charge in [0.1, 0.15) is 30.6 Å². The van der Waals surface area contributed by atoms with Crippen LogP contribution in [0.4, 0.5) is 0 Å². The summed E-state index contributed by atoms with van der Waals surface area (Å²) in [6, 6.07) is -1.35. The van der Waals surface area contributed by atoms with Gasteiger partial charge in [0.2, 0.25) is 5.91 Å². The number of aliphatic hydroxyl groups excluding tert-OH is 4. The molecule has 8 heteroatoms. The zero-order valence-electron chi connectivity index (χ0n) is 12.9. The summed E-state index contributed by atoms with van der Waals surface area (Å²) in [5.41, 5.74) is 5.36. The molecule has 0 aromatic carbocycles. The van der Waals surface area contributed by atoms with Crippen LogP contribution in [0.1, 0.15) is 39.0 Å². The van der Waals surface area contributed by atoms with Crippen LogP contribution in [-0.4, -0.2) is 69.6 Å². The average molecular weight is 320 g/mol. The second-order valence-corrected chi connectivity index (χ2v) is 5.39. The van der Waals surface area contributed by atoms with Crippen LogP contribution in [0.25, 0.3) is 0 Å². The van der Waals surface area contributed by atoms with E-state index in [0.29, 0.717) is 13.0 Å². The summed E-state index contributed by atoms with van der Waals surface area (Å²) in [5.74, 6) is -0.557. The third kappa shape index (κ3) is 7.81. The monoisotopic (exact) mass is 320 g/mol. The number of aldehydes is 1. The fourth-order valence-corrected chi connectivity index (χ4v) is 2.10. The van der Waals surface area contributed by atoms with E-state index in [-0.39, 0.29) is 12.7 Å². The van der Waals surface area contributed by atoms with Gasteiger partial charge in [0.05, 0.1) is 6.10 Å². The number of amides is 1. The molecule has 7 N–H and O–H groups in total. The Morgan fingerprint density at radius 2 is 1.64 bits per heavy atom. The summed E-state index contributed by atoms with van der Waals surface area (Å²) in [6.07, 6.45) is -2.50. The molecule has 0 saturated carbocycles. The molecule has 0 aliphatic heterocycles. The van der Waals surface area contributed by atoms with Crippen molar-refractivity contribution in [2.45, 2.75) is 69.5 Å². The van der Waals surface area contributed by atoms with E-state index in [4.69, 9.17) is 5.73 Å². The molecule has 22 heavy (non-hydrogen) atoms. The smallest absolute Gasteiger partial charge is 0.217 e. The van der Waals surface area contributed by atoms with Crippen LogP contribution in [0.2, 0.25) is 0 Å². The number of nitrogens with two attached hydrogens (primary N) is 1. The molecule has 130 valence electrons. The van der Waals surface area contributed by atoms with Crippen molar-refractivity contribution >= 4 is 12.2 Å². The first kappa shape index (κ1) is 20.9. The van der Waals surface area contributed by atoms with Gasteiger partial charge in [-0.25, -0.2) is 0 Å². The molecule has 0 rings (SSSR count). The third-order valence-electron chi connectivity index (χ3n) is 3.43. The Morgan fingerprint density at radius 3 is 2.14 bits per heavy atom. The van der Waals surface area contributed by atoms with Crippen molar-refractivity contribution in [3.8, 4) is 0 Å². The normalized spacial score (nSPS) is 18.1.